The molecular formula is C14H19N3O. The first-order valence-electron chi connectivity index (χ1n) is 6.22. The number of anilines is 1. The average molecular weight is 245 g/mol. The molecule has 1 aromatic carbocycles. The summed E-state index contributed by atoms with van der Waals surface area (Å²) in [6, 6.07) is 9.75. The van der Waals surface area contributed by atoms with Crippen molar-refractivity contribution in [3.05, 3.63) is 30.3 Å². The second-order valence-electron chi connectivity index (χ2n) is 4.26. The third kappa shape index (κ3) is 2.64. The molecule has 0 unspecified atom stereocenters. The maximum absolute atomic E-state index is 5.96. The third-order valence-corrected chi connectivity index (χ3v) is 2.90. The van der Waals surface area contributed by atoms with Crippen molar-refractivity contribution in [2.75, 3.05) is 12.8 Å². The Morgan fingerprint density at radius 3 is 2.89 bits per heavy atom. The van der Waals surface area contributed by atoms with Gasteiger partial charge in [-0.15, -0.1) is 0 Å². The summed E-state index contributed by atoms with van der Waals surface area (Å²) in [5.41, 5.74) is 7.87. The fourth-order valence-corrected chi connectivity index (χ4v) is 1.84. The van der Waals surface area contributed by atoms with Gasteiger partial charge in [0.2, 0.25) is 0 Å². The Morgan fingerprint density at radius 1 is 1.33 bits per heavy atom. The van der Waals surface area contributed by atoms with E-state index in [2.05, 4.69) is 12.0 Å². The Kier molecular flexibility index (Phi) is 3.87. The van der Waals surface area contributed by atoms with Gasteiger partial charge >= 0.3 is 0 Å². The molecule has 0 bridgehead atoms. The van der Waals surface area contributed by atoms with Crippen LogP contribution in [0.4, 0.5) is 5.82 Å². The molecule has 4 heteroatoms. The second kappa shape index (κ2) is 5.58. The van der Waals surface area contributed by atoms with E-state index in [1.165, 1.54) is 0 Å². The fraction of sp³-hybridized carbons (Fsp3) is 0.357. The minimum atomic E-state index is 0.710. The summed E-state index contributed by atoms with van der Waals surface area (Å²) >= 11 is 0. The highest BCUT2D eigenvalue weighted by Crippen LogP contribution is 2.24. The molecule has 0 spiro atoms. The second-order valence-corrected chi connectivity index (χ2v) is 4.26. The lowest BCUT2D eigenvalue weighted by molar-refractivity contribution is 0.415. The highest BCUT2D eigenvalue weighted by Gasteiger charge is 2.07. The standard InChI is InChI=1S/C14H19N3O/c1-3-4-8-17-14(15)10-13(16-17)11-6-5-7-12(9-11)18-2/h5-7,9-10H,3-4,8,15H2,1-2H3. The number of nitrogens with two attached hydrogens (primary N) is 1. The molecule has 0 fully saturated rings. The fourth-order valence-electron chi connectivity index (χ4n) is 1.84. The molecule has 2 rings (SSSR count). The summed E-state index contributed by atoms with van der Waals surface area (Å²) in [6.45, 7) is 3.02. The molecule has 4 nitrogen and oxygen atoms in total. The maximum Gasteiger partial charge on any atom is 0.122 e. The molecule has 1 aromatic heterocycles. The van der Waals surface area contributed by atoms with E-state index >= 15 is 0 Å². The van der Waals surface area contributed by atoms with Crippen LogP contribution in [0.2, 0.25) is 0 Å². The highest BCUT2D eigenvalue weighted by atomic mass is 16.5. The van der Waals surface area contributed by atoms with Crippen LogP contribution in [-0.2, 0) is 6.54 Å². The number of nitrogen functional groups attached to an aromatic ring is 1. The van der Waals surface area contributed by atoms with Crippen LogP contribution in [0.3, 0.4) is 0 Å². The number of nitrogens with zero attached hydrogens (tertiary/aromatic N) is 2. The van der Waals surface area contributed by atoms with Gasteiger partial charge in [0.1, 0.15) is 11.6 Å². The Hall–Kier alpha value is -1.97. The average Bonchev–Trinajstić information content (AvgIpc) is 2.78. The van der Waals surface area contributed by atoms with Crippen LogP contribution in [0.25, 0.3) is 11.3 Å². The van der Waals surface area contributed by atoms with Crippen molar-refractivity contribution in [2.45, 2.75) is 26.3 Å². The van der Waals surface area contributed by atoms with Crippen molar-refractivity contribution in [1.82, 2.24) is 9.78 Å². The molecule has 18 heavy (non-hydrogen) atoms. The van der Waals surface area contributed by atoms with E-state index in [1.807, 2.05) is 35.0 Å². The Labute approximate surface area is 107 Å². The van der Waals surface area contributed by atoms with Crippen LogP contribution in [0.1, 0.15) is 19.8 Å². The smallest absolute Gasteiger partial charge is 0.122 e. The van der Waals surface area contributed by atoms with Crippen LogP contribution in [-0.4, -0.2) is 16.9 Å². The number of benzene rings is 1. The predicted molar refractivity (Wildman–Crippen MR) is 73.5 cm³/mol. The van der Waals surface area contributed by atoms with Crippen molar-refractivity contribution in [3.63, 3.8) is 0 Å². The minimum absolute atomic E-state index is 0.710. The number of ether oxygens (including phenoxy) is 1. The van der Waals surface area contributed by atoms with Crippen LogP contribution < -0.4 is 10.5 Å². The lowest BCUT2D eigenvalue weighted by Gasteiger charge is -2.02. The first-order valence-corrected chi connectivity index (χ1v) is 6.22. The summed E-state index contributed by atoms with van der Waals surface area (Å²) in [5, 5.41) is 4.53. The quantitative estimate of drug-likeness (QED) is 0.881. The number of aromatic nitrogens is 2. The first-order chi connectivity index (χ1) is 8.74. The topological polar surface area (TPSA) is 53.1 Å². The van der Waals surface area contributed by atoms with E-state index < -0.39 is 0 Å². The zero-order valence-corrected chi connectivity index (χ0v) is 10.9. The van der Waals surface area contributed by atoms with Gasteiger partial charge in [0, 0.05) is 18.2 Å². The van der Waals surface area contributed by atoms with Crippen molar-refractivity contribution < 1.29 is 4.74 Å². The molecule has 0 aliphatic rings. The molecule has 0 aliphatic heterocycles. The summed E-state index contributed by atoms with van der Waals surface area (Å²) in [7, 11) is 1.66. The molecule has 2 N–H and O–H groups in total. The molecular weight excluding hydrogens is 226 g/mol. The first kappa shape index (κ1) is 12.5. The summed E-state index contributed by atoms with van der Waals surface area (Å²) < 4.78 is 7.07. The van der Waals surface area contributed by atoms with E-state index in [4.69, 9.17) is 10.5 Å². The van der Waals surface area contributed by atoms with Gasteiger partial charge in [-0.25, -0.2) is 4.68 Å². The molecule has 1 heterocycles. The number of rotatable bonds is 5. The minimum Gasteiger partial charge on any atom is -0.497 e. The molecule has 2 aromatic rings. The number of unbranched alkanes of at least 4 members (excludes halogenated alkanes) is 1. The van der Waals surface area contributed by atoms with Crippen LogP contribution in [0.5, 0.6) is 5.75 Å². The maximum atomic E-state index is 5.96. The molecule has 96 valence electrons. The SMILES string of the molecule is CCCCn1nc(-c2cccc(OC)c2)cc1N. The zero-order chi connectivity index (χ0) is 13.0. The van der Waals surface area contributed by atoms with Gasteiger partial charge in [-0.05, 0) is 18.6 Å². The van der Waals surface area contributed by atoms with E-state index in [0.29, 0.717) is 5.82 Å². The van der Waals surface area contributed by atoms with Crippen LogP contribution in [0.15, 0.2) is 30.3 Å². The summed E-state index contributed by atoms with van der Waals surface area (Å²) in [4.78, 5) is 0. The number of methoxy groups -OCH3 is 1. The van der Waals surface area contributed by atoms with Gasteiger partial charge in [0.15, 0.2) is 0 Å². The molecule has 0 atom stereocenters. The van der Waals surface area contributed by atoms with E-state index in [9.17, 15) is 0 Å². The monoisotopic (exact) mass is 245 g/mol. The van der Waals surface area contributed by atoms with Crippen molar-refractivity contribution in [1.29, 1.82) is 0 Å². The van der Waals surface area contributed by atoms with Crippen LogP contribution in [0, 0.1) is 0 Å². The normalized spacial score (nSPS) is 10.6. The summed E-state index contributed by atoms with van der Waals surface area (Å²) in [6.07, 6.45) is 2.22. The van der Waals surface area contributed by atoms with Gasteiger partial charge in [-0.3, -0.25) is 0 Å². The van der Waals surface area contributed by atoms with Gasteiger partial charge in [-0.1, -0.05) is 25.5 Å². The largest absolute Gasteiger partial charge is 0.497 e. The summed E-state index contributed by atoms with van der Waals surface area (Å²) in [5.74, 6) is 1.54. The number of hydrogen-bond acceptors (Lipinski definition) is 3. The van der Waals surface area contributed by atoms with Gasteiger partial charge in [0.05, 0.1) is 12.8 Å². The predicted octanol–water partition coefficient (Wildman–Crippen LogP) is 2.94. The van der Waals surface area contributed by atoms with Crippen LogP contribution >= 0.6 is 0 Å². The number of aryl methyl sites for hydroxylation is 1. The van der Waals surface area contributed by atoms with Gasteiger partial charge in [-0.2, -0.15) is 5.10 Å². The third-order valence-electron chi connectivity index (χ3n) is 2.90. The van der Waals surface area contributed by atoms with Crippen molar-refractivity contribution in [2.24, 2.45) is 0 Å². The Balaban J connectivity index is 2.27. The van der Waals surface area contributed by atoms with E-state index in [0.717, 1.165) is 36.4 Å². The Morgan fingerprint density at radius 2 is 2.17 bits per heavy atom. The lowest BCUT2D eigenvalue weighted by Crippen LogP contribution is -2.04. The van der Waals surface area contributed by atoms with Gasteiger partial charge in [0.25, 0.3) is 0 Å². The number of hydrogen-bond donors (Lipinski definition) is 1. The molecule has 0 aliphatic carbocycles. The molecule has 0 radical (unpaired) electrons. The Bertz CT molecular complexity index is 520. The lowest BCUT2D eigenvalue weighted by atomic mass is 10.1. The van der Waals surface area contributed by atoms with Gasteiger partial charge < -0.3 is 10.5 Å². The van der Waals surface area contributed by atoms with Crippen molar-refractivity contribution in [3.8, 4) is 17.0 Å². The molecule has 0 amide bonds. The van der Waals surface area contributed by atoms with E-state index in [1.54, 1.807) is 7.11 Å². The highest BCUT2D eigenvalue weighted by molar-refractivity contribution is 5.63. The molecule has 0 saturated heterocycles. The van der Waals surface area contributed by atoms with E-state index in [-0.39, 0.29) is 0 Å². The molecule has 0 saturated carbocycles. The van der Waals surface area contributed by atoms with Crippen molar-refractivity contribution >= 4 is 5.82 Å². The zero-order valence-electron chi connectivity index (χ0n) is 10.9.